The Balaban J connectivity index is 1.90. The van der Waals surface area contributed by atoms with Crippen molar-refractivity contribution in [1.82, 2.24) is 30.0 Å². The van der Waals surface area contributed by atoms with Crippen molar-refractivity contribution < 1.29 is 14.5 Å². The zero-order valence-electron chi connectivity index (χ0n) is 14.9. The predicted octanol–water partition coefficient (Wildman–Crippen LogP) is 0.502. The van der Waals surface area contributed by atoms with Crippen molar-refractivity contribution in [2.24, 2.45) is 0 Å². The number of fused-ring (bicyclic) bond motifs is 1. The van der Waals surface area contributed by atoms with Crippen LogP contribution in [0.15, 0.2) is 54.2 Å². The highest BCUT2D eigenvalue weighted by Crippen LogP contribution is 2.23. The van der Waals surface area contributed by atoms with Gasteiger partial charge >= 0.3 is 6.03 Å². The van der Waals surface area contributed by atoms with E-state index in [4.69, 9.17) is 0 Å². The quantitative estimate of drug-likeness (QED) is 0.349. The van der Waals surface area contributed by atoms with Gasteiger partial charge < -0.3 is 5.32 Å². The lowest BCUT2D eigenvalue weighted by atomic mass is 10.2. The minimum absolute atomic E-state index is 0.0644. The molecule has 0 aliphatic heterocycles. The number of rotatable bonds is 6. The zero-order chi connectivity index (χ0) is 21.0. The monoisotopic (exact) mass is 397 g/mol. The van der Waals surface area contributed by atoms with E-state index >= 15 is 0 Å². The third-order valence-electron chi connectivity index (χ3n) is 3.83. The molecule has 0 unspecified atom stereocenters. The average molecular weight is 397 g/mol. The molecule has 12 heteroatoms. The number of benzene rings is 1. The molecule has 0 spiro atoms. The molecule has 29 heavy (non-hydrogen) atoms. The van der Waals surface area contributed by atoms with Gasteiger partial charge in [0.25, 0.3) is 11.2 Å². The molecule has 0 atom stereocenters. The molecule has 148 valence electrons. The molecule has 0 aliphatic carbocycles. The number of imide groups is 1. The SMILES string of the molecule is C=CCNC(=O)NC(=O)Cn1cnc2c(cnn2-c2ccccc2[N+](=O)[O-])c1=O. The Bertz CT molecular complexity index is 1180. The summed E-state index contributed by atoms with van der Waals surface area (Å²) in [5.74, 6) is -0.721. The number of nitrogens with one attached hydrogen (secondary N) is 2. The van der Waals surface area contributed by atoms with Crippen molar-refractivity contribution >= 4 is 28.7 Å². The van der Waals surface area contributed by atoms with Gasteiger partial charge in [0.05, 0.1) is 11.1 Å². The van der Waals surface area contributed by atoms with Crippen LogP contribution in [-0.4, -0.2) is 42.7 Å². The predicted molar refractivity (Wildman–Crippen MR) is 102 cm³/mol. The summed E-state index contributed by atoms with van der Waals surface area (Å²) < 4.78 is 2.19. The van der Waals surface area contributed by atoms with Crippen LogP contribution >= 0.6 is 0 Å². The second-order valence-corrected chi connectivity index (χ2v) is 5.76. The lowest BCUT2D eigenvalue weighted by molar-refractivity contribution is -0.384. The number of carbonyl (C=O) groups is 2. The number of carbonyl (C=O) groups excluding carboxylic acids is 2. The highest BCUT2D eigenvalue weighted by atomic mass is 16.6. The van der Waals surface area contributed by atoms with Crippen molar-refractivity contribution in [3.63, 3.8) is 0 Å². The van der Waals surface area contributed by atoms with Crippen LogP contribution in [0.4, 0.5) is 10.5 Å². The van der Waals surface area contributed by atoms with Gasteiger partial charge in [0.15, 0.2) is 5.65 Å². The van der Waals surface area contributed by atoms with E-state index < -0.39 is 29.0 Å². The van der Waals surface area contributed by atoms with Crippen LogP contribution in [-0.2, 0) is 11.3 Å². The Morgan fingerprint density at radius 3 is 2.79 bits per heavy atom. The third-order valence-corrected chi connectivity index (χ3v) is 3.83. The second-order valence-electron chi connectivity index (χ2n) is 5.76. The lowest BCUT2D eigenvalue weighted by Gasteiger charge is -2.07. The van der Waals surface area contributed by atoms with Crippen LogP contribution in [0.3, 0.4) is 0 Å². The van der Waals surface area contributed by atoms with Crippen LogP contribution in [0, 0.1) is 10.1 Å². The topological polar surface area (TPSA) is 154 Å². The lowest BCUT2D eigenvalue weighted by Crippen LogP contribution is -2.42. The van der Waals surface area contributed by atoms with Crippen molar-refractivity contribution in [1.29, 1.82) is 0 Å². The summed E-state index contributed by atoms with van der Waals surface area (Å²) in [5, 5.41) is 19.8. The number of hydrogen-bond donors (Lipinski definition) is 2. The van der Waals surface area contributed by atoms with E-state index in [0.717, 1.165) is 10.9 Å². The largest absolute Gasteiger partial charge is 0.334 e. The maximum Gasteiger partial charge on any atom is 0.321 e. The van der Waals surface area contributed by atoms with Gasteiger partial charge in [-0.15, -0.1) is 6.58 Å². The van der Waals surface area contributed by atoms with Crippen molar-refractivity contribution in [3.8, 4) is 5.69 Å². The van der Waals surface area contributed by atoms with Gasteiger partial charge in [-0.1, -0.05) is 18.2 Å². The van der Waals surface area contributed by atoms with Crippen molar-refractivity contribution in [3.05, 3.63) is 69.9 Å². The summed E-state index contributed by atoms with van der Waals surface area (Å²) in [6, 6.07) is 5.18. The smallest absolute Gasteiger partial charge is 0.321 e. The molecule has 0 saturated heterocycles. The standard InChI is InChI=1S/C17H15N7O5/c1-2-7-18-17(27)21-14(25)9-22-10-19-15-11(16(22)26)8-20-23(15)12-5-3-4-6-13(12)24(28)29/h2-6,8,10H,1,7,9H2,(H2,18,21,25,27). The summed E-state index contributed by atoms with van der Waals surface area (Å²) in [7, 11) is 0. The molecule has 2 heterocycles. The van der Waals surface area contributed by atoms with E-state index in [1.807, 2.05) is 0 Å². The van der Waals surface area contributed by atoms with Crippen LogP contribution in [0.1, 0.15) is 0 Å². The molecular formula is C17H15N7O5. The van der Waals surface area contributed by atoms with Gasteiger partial charge in [-0.3, -0.25) is 29.6 Å². The Morgan fingerprint density at radius 1 is 1.31 bits per heavy atom. The molecule has 1 aromatic carbocycles. The number of nitrogens with zero attached hydrogens (tertiary/aromatic N) is 5. The number of hydrogen-bond acceptors (Lipinski definition) is 7. The molecule has 0 saturated carbocycles. The molecule has 3 aromatic rings. The third kappa shape index (κ3) is 4.00. The summed E-state index contributed by atoms with van der Waals surface area (Å²) in [6.07, 6.45) is 3.77. The van der Waals surface area contributed by atoms with Crippen LogP contribution in [0.5, 0.6) is 0 Å². The zero-order valence-corrected chi connectivity index (χ0v) is 14.9. The highest BCUT2D eigenvalue weighted by Gasteiger charge is 2.19. The second kappa shape index (κ2) is 8.12. The number of para-hydroxylation sites is 2. The Hall–Kier alpha value is -4.35. The minimum atomic E-state index is -0.721. The van der Waals surface area contributed by atoms with Crippen LogP contribution < -0.4 is 16.2 Å². The maximum absolute atomic E-state index is 12.6. The first-order valence-electron chi connectivity index (χ1n) is 8.28. The summed E-state index contributed by atoms with van der Waals surface area (Å²) in [4.78, 5) is 50.8. The van der Waals surface area contributed by atoms with Gasteiger partial charge in [-0.05, 0) is 6.07 Å². The molecule has 0 bridgehead atoms. The van der Waals surface area contributed by atoms with Gasteiger partial charge in [-0.2, -0.15) is 5.10 Å². The Labute approximate surface area is 162 Å². The molecule has 12 nitrogen and oxygen atoms in total. The normalized spacial score (nSPS) is 10.5. The first-order valence-corrected chi connectivity index (χ1v) is 8.28. The van der Waals surface area contributed by atoms with E-state index in [0.29, 0.717) is 0 Å². The maximum atomic E-state index is 12.6. The average Bonchev–Trinajstić information content (AvgIpc) is 3.13. The van der Waals surface area contributed by atoms with E-state index in [1.54, 1.807) is 6.07 Å². The number of aromatic nitrogens is 4. The van der Waals surface area contributed by atoms with Crippen molar-refractivity contribution in [2.75, 3.05) is 6.54 Å². The fraction of sp³-hybridized carbons (Fsp3) is 0.118. The molecule has 3 rings (SSSR count). The van der Waals surface area contributed by atoms with Gasteiger partial charge in [0.2, 0.25) is 5.91 Å². The van der Waals surface area contributed by atoms with Gasteiger partial charge in [-0.25, -0.2) is 14.5 Å². The van der Waals surface area contributed by atoms with Crippen LogP contribution in [0.25, 0.3) is 16.7 Å². The molecule has 0 aliphatic rings. The van der Waals surface area contributed by atoms with Crippen LogP contribution in [0.2, 0.25) is 0 Å². The van der Waals surface area contributed by atoms with E-state index in [2.05, 4.69) is 27.3 Å². The first kappa shape index (κ1) is 19.4. The molecule has 3 amide bonds. The van der Waals surface area contributed by atoms with Gasteiger partial charge in [0, 0.05) is 12.6 Å². The minimum Gasteiger partial charge on any atom is -0.334 e. The molecule has 2 N–H and O–H groups in total. The number of nitro groups is 1. The fourth-order valence-electron chi connectivity index (χ4n) is 2.57. The van der Waals surface area contributed by atoms with Crippen molar-refractivity contribution in [2.45, 2.75) is 6.54 Å². The Kier molecular flexibility index (Phi) is 5.44. The summed E-state index contributed by atoms with van der Waals surface area (Å²) >= 11 is 0. The van der Waals surface area contributed by atoms with E-state index in [9.17, 15) is 24.5 Å². The summed E-state index contributed by atoms with van der Waals surface area (Å²) in [6.45, 7) is 3.17. The van der Waals surface area contributed by atoms with E-state index in [-0.39, 0.29) is 29.0 Å². The highest BCUT2D eigenvalue weighted by molar-refractivity contribution is 5.94. The number of amides is 3. The number of urea groups is 1. The molecule has 0 radical (unpaired) electrons. The summed E-state index contributed by atoms with van der Waals surface area (Å²) in [5.41, 5.74) is -0.534. The molecular weight excluding hydrogens is 382 g/mol. The Morgan fingerprint density at radius 2 is 2.07 bits per heavy atom. The van der Waals surface area contributed by atoms with Gasteiger partial charge in [0.1, 0.15) is 23.9 Å². The number of nitro benzene ring substituents is 1. The van der Waals surface area contributed by atoms with E-state index in [1.165, 1.54) is 35.2 Å². The molecule has 2 aromatic heterocycles. The fourth-order valence-corrected chi connectivity index (χ4v) is 2.57. The molecule has 0 fully saturated rings. The first-order chi connectivity index (χ1) is 13.9.